The molecule has 3 atom stereocenters. The highest BCUT2D eigenvalue weighted by Crippen LogP contribution is 2.34. The van der Waals surface area contributed by atoms with Crippen LogP contribution in [0.25, 0.3) is 11.7 Å². The van der Waals surface area contributed by atoms with Gasteiger partial charge in [0.15, 0.2) is 0 Å². The molecule has 34 heavy (non-hydrogen) atoms. The highest BCUT2D eigenvalue weighted by Gasteiger charge is 2.35. The standard InChI is InChI=1S/C24H28N4O4S2/c1-14-6-7-20-25-21(26-11-15(2)32-16(3)12-26)18(22(29)27(20)10-14)9-19-23(30)28(24(33)34-19)13-17-5-4-8-31-17/h6-7,9-10,15-17H,4-5,8,11-13H2,1-3H3/b19-9-/t15-,16-,17+/m1/s1. The van der Waals surface area contributed by atoms with Gasteiger partial charge in [0.05, 0.1) is 35.3 Å². The first-order valence-electron chi connectivity index (χ1n) is 11.6. The van der Waals surface area contributed by atoms with Gasteiger partial charge in [-0.2, -0.15) is 0 Å². The predicted molar refractivity (Wildman–Crippen MR) is 137 cm³/mol. The van der Waals surface area contributed by atoms with Crippen LogP contribution in [0, 0.1) is 6.92 Å². The number of carbonyl (C=O) groups is 1. The van der Waals surface area contributed by atoms with E-state index in [-0.39, 0.29) is 29.8 Å². The van der Waals surface area contributed by atoms with Crippen LogP contribution in [0.5, 0.6) is 0 Å². The van der Waals surface area contributed by atoms with Crippen molar-refractivity contribution in [3.05, 3.63) is 44.7 Å². The molecule has 0 bridgehead atoms. The number of pyridine rings is 1. The lowest BCUT2D eigenvalue weighted by molar-refractivity contribution is -0.123. The highest BCUT2D eigenvalue weighted by molar-refractivity contribution is 8.26. The Morgan fingerprint density at radius 2 is 2.00 bits per heavy atom. The first-order valence-corrected chi connectivity index (χ1v) is 12.8. The van der Waals surface area contributed by atoms with E-state index < -0.39 is 0 Å². The van der Waals surface area contributed by atoms with Crippen molar-refractivity contribution in [3.8, 4) is 0 Å². The van der Waals surface area contributed by atoms with Crippen LogP contribution in [-0.2, 0) is 14.3 Å². The molecule has 0 radical (unpaired) electrons. The lowest BCUT2D eigenvalue weighted by Crippen LogP contribution is -2.46. The van der Waals surface area contributed by atoms with E-state index in [2.05, 4.69) is 4.90 Å². The smallest absolute Gasteiger partial charge is 0.267 e. The number of ether oxygens (including phenoxy) is 2. The zero-order chi connectivity index (χ0) is 24.0. The van der Waals surface area contributed by atoms with Crippen LogP contribution in [0.2, 0.25) is 0 Å². The molecule has 180 valence electrons. The number of aryl methyl sites for hydroxylation is 1. The molecule has 3 saturated heterocycles. The van der Waals surface area contributed by atoms with Crippen molar-refractivity contribution >= 4 is 51.7 Å². The molecular weight excluding hydrogens is 472 g/mol. The Hall–Kier alpha value is -2.27. The summed E-state index contributed by atoms with van der Waals surface area (Å²) >= 11 is 6.73. The average molecular weight is 501 g/mol. The quantitative estimate of drug-likeness (QED) is 0.469. The molecule has 0 aliphatic carbocycles. The number of anilines is 1. The number of thioether (sulfide) groups is 1. The highest BCUT2D eigenvalue weighted by atomic mass is 32.2. The third-order valence-corrected chi connectivity index (χ3v) is 7.64. The van der Waals surface area contributed by atoms with E-state index >= 15 is 0 Å². The fourth-order valence-corrected chi connectivity index (χ4v) is 6.00. The van der Waals surface area contributed by atoms with Gasteiger partial charge < -0.3 is 14.4 Å². The Kier molecular flexibility index (Phi) is 6.49. The second-order valence-corrected chi connectivity index (χ2v) is 10.9. The third kappa shape index (κ3) is 4.51. The fraction of sp³-hybridized carbons (Fsp3) is 0.500. The molecule has 0 spiro atoms. The summed E-state index contributed by atoms with van der Waals surface area (Å²) in [5, 5.41) is 0. The number of nitrogens with zero attached hydrogens (tertiary/aromatic N) is 4. The number of thiocarbonyl (C=S) groups is 1. The first kappa shape index (κ1) is 23.5. The molecule has 0 aromatic carbocycles. The van der Waals surface area contributed by atoms with E-state index in [0.29, 0.717) is 52.5 Å². The number of rotatable bonds is 4. The van der Waals surface area contributed by atoms with E-state index in [4.69, 9.17) is 26.7 Å². The van der Waals surface area contributed by atoms with Gasteiger partial charge in [0.25, 0.3) is 11.5 Å². The van der Waals surface area contributed by atoms with Gasteiger partial charge in [-0.15, -0.1) is 0 Å². The molecule has 1 amide bonds. The Labute approximate surface area is 207 Å². The van der Waals surface area contributed by atoms with E-state index in [1.54, 1.807) is 21.6 Å². The van der Waals surface area contributed by atoms with Gasteiger partial charge in [-0.05, 0) is 51.3 Å². The monoisotopic (exact) mass is 500 g/mol. The number of hydrogen-bond donors (Lipinski definition) is 0. The van der Waals surface area contributed by atoms with E-state index in [0.717, 1.165) is 18.4 Å². The fourth-order valence-electron chi connectivity index (χ4n) is 4.75. The lowest BCUT2D eigenvalue weighted by Gasteiger charge is -2.36. The number of fused-ring (bicyclic) bond motifs is 1. The maximum absolute atomic E-state index is 13.7. The zero-order valence-electron chi connectivity index (χ0n) is 19.5. The molecule has 10 heteroatoms. The van der Waals surface area contributed by atoms with Crippen molar-refractivity contribution in [1.29, 1.82) is 0 Å². The van der Waals surface area contributed by atoms with Gasteiger partial charge in [-0.25, -0.2) is 4.98 Å². The number of amides is 1. The first-order chi connectivity index (χ1) is 16.3. The Morgan fingerprint density at radius 3 is 2.71 bits per heavy atom. The van der Waals surface area contributed by atoms with Gasteiger partial charge in [0.2, 0.25) is 0 Å². The van der Waals surface area contributed by atoms with Gasteiger partial charge in [0.1, 0.15) is 15.8 Å². The van der Waals surface area contributed by atoms with Crippen LogP contribution < -0.4 is 10.5 Å². The summed E-state index contributed by atoms with van der Waals surface area (Å²) in [4.78, 5) is 35.9. The summed E-state index contributed by atoms with van der Waals surface area (Å²) in [6.45, 7) is 8.33. The van der Waals surface area contributed by atoms with Crippen molar-refractivity contribution in [3.63, 3.8) is 0 Å². The minimum Gasteiger partial charge on any atom is -0.376 e. The van der Waals surface area contributed by atoms with Gasteiger partial charge in [0, 0.05) is 25.9 Å². The summed E-state index contributed by atoms with van der Waals surface area (Å²) in [5.74, 6) is 0.383. The number of aromatic nitrogens is 2. The molecule has 0 N–H and O–H groups in total. The van der Waals surface area contributed by atoms with Gasteiger partial charge in [-0.3, -0.25) is 18.9 Å². The molecule has 3 fully saturated rings. The largest absolute Gasteiger partial charge is 0.376 e. The molecule has 3 aliphatic heterocycles. The summed E-state index contributed by atoms with van der Waals surface area (Å²) in [6, 6.07) is 3.78. The Balaban J connectivity index is 1.58. The summed E-state index contributed by atoms with van der Waals surface area (Å²) in [7, 11) is 0. The predicted octanol–water partition coefficient (Wildman–Crippen LogP) is 3.00. The minimum absolute atomic E-state index is 0.000471. The van der Waals surface area contributed by atoms with Crippen LogP contribution in [0.1, 0.15) is 37.8 Å². The molecule has 2 aromatic heterocycles. The second kappa shape index (κ2) is 9.41. The normalized spacial score (nSPS) is 26.9. The van der Waals surface area contributed by atoms with Gasteiger partial charge >= 0.3 is 0 Å². The second-order valence-electron chi connectivity index (χ2n) is 9.18. The molecule has 5 heterocycles. The molecule has 0 unspecified atom stereocenters. The lowest BCUT2D eigenvalue weighted by atomic mass is 10.1. The zero-order valence-corrected chi connectivity index (χ0v) is 21.2. The maximum atomic E-state index is 13.7. The minimum atomic E-state index is -0.208. The van der Waals surface area contributed by atoms with Crippen LogP contribution >= 0.6 is 24.0 Å². The molecular formula is C24H28N4O4S2. The molecule has 3 aliphatic rings. The van der Waals surface area contributed by atoms with Crippen molar-refractivity contribution in [2.75, 3.05) is 31.1 Å². The number of hydrogen-bond acceptors (Lipinski definition) is 8. The molecule has 2 aromatic rings. The molecule has 0 saturated carbocycles. The van der Waals surface area contributed by atoms with E-state index in [9.17, 15) is 9.59 Å². The Morgan fingerprint density at radius 1 is 1.24 bits per heavy atom. The maximum Gasteiger partial charge on any atom is 0.267 e. The van der Waals surface area contributed by atoms with Crippen molar-refractivity contribution in [2.24, 2.45) is 0 Å². The van der Waals surface area contributed by atoms with Crippen molar-refractivity contribution < 1.29 is 14.3 Å². The number of carbonyl (C=O) groups excluding carboxylic acids is 1. The van der Waals surface area contributed by atoms with Crippen LogP contribution in [0.3, 0.4) is 0 Å². The third-order valence-electron chi connectivity index (χ3n) is 6.26. The van der Waals surface area contributed by atoms with E-state index in [1.807, 2.05) is 32.9 Å². The van der Waals surface area contributed by atoms with Crippen LogP contribution in [-0.4, -0.2) is 69.1 Å². The van der Waals surface area contributed by atoms with Crippen LogP contribution in [0.4, 0.5) is 5.82 Å². The SMILES string of the molecule is Cc1ccc2nc(N3C[C@@H](C)O[C@H](C)C3)c(/C=C3\SC(=S)N(C[C@@H]4CCCO4)C3=O)c(=O)n2c1. The average Bonchev–Trinajstić information content (AvgIpc) is 3.39. The summed E-state index contributed by atoms with van der Waals surface area (Å²) in [6.07, 6.45) is 5.36. The van der Waals surface area contributed by atoms with Gasteiger partial charge in [-0.1, -0.05) is 30.0 Å². The number of morpholine rings is 1. The van der Waals surface area contributed by atoms with E-state index in [1.165, 1.54) is 11.8 Å². The molecule has 5 rings (SSSR count). The van der Waals surface area contributed by atoms with Crippen LogP contribution in [0.15, 0.2) is 28.0 Å². The summed E-state index contributed by atoms with van der Waals surface area (Å²) < 4.78 is 13.6. The Bertz CT molecular complexity index is 1230. The van der Waals surface area contributed by atoms with Crippen molar-refractivity contribution in [1.82, 2.24) is 14.3 Å². The topological polar surface area (TPSA) is 76.4 Å². The summed E-state index contributed by atoms with van der Waals surface area (Å²) in [5.41, 5.74) is 1.70. The molecule has 8 nitrogen and oxygen atoms in total. The van der Waals surface area contributed by atoms with Crippen molar-refractivity contribution in [2.45, 2.75) is 51.9 Å².